The van der Waals surface area contributed by atoms with E-state index in [-0.39, 0.29) is 12.4 Å². The molecule has 7 nitrogen and oxygen atoms in total. The van der Waals surface area contributed by atoms with Crippen LogP contribution in [0.1, 0.15) is 122 Å². The predicted molar refractivity (Wildman–Crippen MR) is 136 cm³/mol. The lowest BCUT2D eigenvalue weighted by Gasteiger charge is -2.28. The van der Waals surface area contributed by atoms with Gasteiger partial charge in [-0.05, 0) is 12.8 Å². The molecule has 0 bridgehead atoms. The Kier molecular flexibility index (Phi) is 19.7. The molecule has 0 aliphatic carbocycles. The van der Waals surface area contributed by atoms with Gasteiger partial charge in [-0.3, -0.25) is 14.4 Å². The number of carbonyl (C=O) groups is 3. The van der Waals surface area contributed by atoms with Crippen LogP contribution in [0.25, 0.3) is 0 Å². The number of carboxylic acids is 2. The number of nitrogens with zero attached hydrogens (tertiary/aromatic N) is 1. The van der Waals surface area contributed by atoms with Crippen molar-refractivity contribution in [3.05, 3.63) is 0 Å². The molecule has 0 aromatic carbocycles. The average Bonchev–Trinajstić information content (AvgIpc) is 2.70. The Hall–Kier alpha value is -1.63. The fourth-order valence-electron chi connectivity index (χ4n) is 4.21. The third kappa shape index (κ3) is 25.0. The minimum atomic E-state index is -0.937. The maximum Gasteiger partial charge on any atom is 0.307 e. The van der Waals surface area contributed by atoms with Crippen molar-refractivity contribution in [3.8, 4) is 0 Å². The Labute approximate surface area is 207 Å². The molecule has 0 radical (unpaired) electrons. The Balaban J connectivity index is 3.47. The molecule has 0 heterocycles. The number of ether oxygens (including phenoxy) is 1. The molecule has 0 rings (SSSR count). The second kappa shape index (κ2) is 20.7. The Morgan fingerprint density at radius 3 is 1.26 bits per heavy atom. The van der Waals surface area contributed by atoms with E-state index < -0.39 is 18.0 Å². The second-order valence-corrected chi connectivity index (χ2v) is 10.7. The summed E-state index contributed by atoms with van der Waals surface area (Å²) in [6, 6.07) is 0. The minimum absolute atomic E-state index is 0.141. The molecule has 0 amide bonds. The number of hydrogen-bond acceptors (Lipinski definition) is 4. The third-order valence-corrected chi connectivity index (χ3v) is 5.97. The van der Waals surface area contributed by atoms with Crippen LogP contribution < -0.4 is 0 Å². The van der Waals surface area contributed by atoms with Gasteiger partial charge < -0.3 is 19.4 Å². The third-order valence-electron chi connectivity index (χ3n) is 5.97. The van der Waals surface area contributed by atoms with E-state index in [1.165, 1.54) is 64.2 Å². The first-order valence-corrected chi connectivity index (χ1v) is 13.5. The molecule has 0 unspecified atom stereocenters. The zero-order valence-corrected chi connectivity index (χ0v) is 22.2. The van der Waals surface area contributed by atoms with Crippen LogP contribution in [0.2, 0.25) is 0 Å². The Bertz CT molecular complexity index is 544. The molecule has 1 atom stereocenters. The topological polar surface area (TPSA) is 101 Å². The van der Waals surface area contributed by atoms with E-state index in [4.69, 9.17) is 14.9 Å². The molecular weight excluding hydrogens is 434 g/mol. The second-order valence-electron chi connectivity index (χ2n) is 10.7. The number of hydrogen-bond donors (Lipinski definition) is 2. The summed E-state index contributed by atoms with van der Waals surface area (Å²) in [5, 5.41) is 17.6. The van der Waals surface area contributed by atoms with Gasteiger partial charge in [0.15, 0.2) is 6.10 Å². The normalized spacial score (nSPS) is 12.4. The summed E-state index contributed by atoms with van der Waals surface area (Å²) >= 11 is 0. The minimum Gasteiger partial charge on any atom is -0.481 e. The van der Waals surface area contributed by atoms with Gasteiger partial charge in [-0.1, -0.05) is 89.9 Å². The molecule has 200 valence electrons. The molecule has 0 saturated heterocycles. The molecule has 0 spiro atoms. The van der Waals surface area contributed by atoms with Gasteiger partial charge in [0.25, 0.3) is 0 Å². The van der Waals surface area contributed by atoms with Gasteiger partial charge in [0.1, 0.15) is 6.54 Å². The van der Waals surface area contributed by atoms with Crippen LogP contribution in [-0.2, 0) is 19.1 Å². The molecule has 7 heteroatoms. The van der Waals surface area contributed by atoms with Crippen LogP contribution in [0, 0.1) is 0 Å². The standard InChI is InChI=1S/C27H51NO6/c1-28(2,3)23-24(22-26(31)32)34-27(33)21-19-17-15-13-11-9-7-5-4-6-8-10-12-14-16-18-20-25(29)30/h24H,4-23H2,1-3H3,(H-,29,30,31,32)/p+1/t24-/m1/s1. The summed E-state index contributed by atoms with van der Waals surface area (Å²) in [5.41, 5.74) is 0. The summed E-state index contributed by atoms with van der Waals surface area (Å²) in [6.45, 7) is 0.494. The van der Waals surface area contributed by atoms with Crippen LogP contribution >= 0.6 is 0 Å². The zero-order valence-electron chi connectivity index (χ0n) is 22.2. The summed E-state index contributed by atoms with van der Waals surface area (Å²) in [5.74, 6) is -1.90. The van der Waals surface area contributed by atoms with Crippen LogP contribution in [0.4, 0.5) is 0 Å². The maximum atomic E-state index is 12.1. The van der Waals surface area contributed by atoms with Crippen LogP contribution in [0.3, 0.4) is 0 Å². The van der Waals surface area contributed by atoms with E-state index in [1.54, 1.807) is 0 Å². The molecule has 0 saturated carbocycles. The lowest BCUT2D eigenvalue weighted by atomic mass is 10.0. The van der Waals surface area contributed by atoms with Crippen molar-refractivity contribution in [1.82, 2.24) is 0 Å². The van der Waals surface area contributed by atoms with Gasteiger partial charge in [0, 0.05) is 12.8 Å². The molecule has 2 N–H and O–H groups in total. The van der Waals surface area contributed by atoms with E-state index in [9.17, 15) is 14.4 Å². The van der Waals surface area contributed by atoms with Crippen LogP contribution in [-0.4, -0.2) is 66.4 Å². The monoisotopic (exact) mass is 486 g/mol. The molecule has 0 aromatic heterocycles. The van der Waals surface area contributed by atoms with Crippen LogP contribution in [0.15, 0.2) is 0 Å². The van der Waals surface area contributed by atoms with Crippen molar-refractivity contribution in [2.45, 2.75) is 128 Å². The smallest absolute Gasteiger partial charge is 0.307 e. The van der Waals surface area contributed by atoms with Gasteiger partial charge in [0.2, 0.25) is 0 Å². The van der Waals surface area contributed by atoms with Gasteiger partial charge >= 0.3 is 17.9 Å². The number of rotatable bonds is 24. The average molecular weight is 487 g/mol. The number of likely N-dealkylation sites (N-methyl/N-ethyl adjacent to an activating group) is 1. The number of aliphatic carboxylic acids is 2. The number of esters is 1. The first-order valence-electron chi connectivity index (χ1n) is 13.5. The van der Waals surface area contributed by atoms with Gasteiger partial charge in [-0.25, -0.2) is 0 Å². The maximum absolute atomic E-state index is 12.1. The van der Waals surface area contributed by atoms with Crippen molar-refractivity contribution in [3.63, 3.8) is 0 Å². The van der Waals surface area contributed by atoms with Crippen LogP contribution in [0.5, 0.6) is 0 Å². The number of carboxylic acid groups (broad SMARTS) is 2. The molecule has 0 fully saturated rings. The Morgan fingerprint density at radius 1 is 0.588 bits per heavy atom. The van der Waals surface area contributed by atoms with E-state index >= 15 is 0 Å². The lowest BCUT2D eigenvalue weighted by molar-refractivity contribution is -0.873. The van der Waals surface area contributed by atoms with Gasteiger partial charge in [0.05, 0.1) is 27.6 Å². The number of quaternary nitrogens is 1. The van der Waals surface area contributed by atoms with Crippen molar-refractivity contribution in [1.29, 1.82) is 0 Å². The van der Waals surface area contributed by atoms with Crippen molar-refractivity contribution in [2.75, 3.05) is 27.7 Å². The highest BCUT2D eigenvalue weighted by atomic mass is 16.5. The van der Waals surface area contributed by atoms with Crippen molar-refractivity contribution in [2.24, 2.45) is 0 Å². The largest absolute Gasteiger partial charge is 0.481 e. The summed E-state index contributed by atoms with van der Waals surface area (Å²) in [4.78, 5) is 33.5. The number of carbonyl (C=O) groups excluding carboxylic acids is 1. The SMILES string of the molecule is C[N+](C)(C)C[C@@H](CC(=O)O)OC(=O)CCCCCCCCCCCCCCCCCCC(=O)O. The quantitative estimate of drug-likeness (QED) is 0.0959. The molecule has 0 aliphatic rings. The van der Waals surface area contributed by atoms with Crippen molar-refractivity contribution >= 4 is 17.9 Å². The van der Waals surface area contributed by atoms with Crippen molar-refractivity contribution < 1.29 is 33.8 Å². The first kappa shape index (κ1) is 32.4. The highest BCUT2D eigenvalue weighted by Gasteiger charge is 2.24. The summed E-state index contributed by atoms with van der Waals surface area (Å²) < 4.78 is 5.98. The molecule has 34 heavy (non-hydrogen) atoms. The molecule has 0 aromatic rings. The lowest BCUT2D eigenvalue weighted by Crippen LogP contribution is -2.43. The molecule has 0 aliphatic heterocycles. The Morgan fingerprint density at radius 2 is 0.941 bits per heavy atom. The highest BCUT2D eigenvalue weighted by Crippen LogP contribution is 2.15. The van der Waals surface area contributed by atoms with E-state index in [0.717, 1.165) is 38.5 Å². The number of unbranched alkanes of at least 4 members (excludes halogenated alkanes) is 15. The predicted octanol–water partition coefficient (Wildman–Crippen LogP) is 6.19. The zero-order chi connectivity index (χ0) is 25.7. The first-order chi connectivity index (χ1) is 16.1. The van der Waals surface area contributed by atoms with E-state index in [2.05, 4.69) is 0 Å². The fraction of sp³-hybridized carbons (Fsp3) is 0.889. The van der Waals surface area contributed by atoms with E-state index in [0.29, 0.717) is 23.9 Å². The summed E-state index contributed by atoms with van der Waals surface area (Å²) in [7, 11) is 5.88. The fourth-order valence-corrected chi connectivity index (χ4v) is 4.21. The van der Waals surface area contributed by atoms with E-state index in [1.807, 2.05) is 21.1 Å². The molecular formula is C27H52NO6+. The van der Waals surface area contributed by atoms with Gasteiger partial charge in [-0.2, -0.15) is 0 Å². The van der Waals surface area contributed by atoms with Gasteiger partial charge in [-0.15, -0.1) is 0 Å². The summed E-state index contributed by atoms with van der Waals surface area (Å²) in [6.07, 6.45) is 18.8. The highest BCUT2D eigenvalue weighted by molar-refractivity contribution is 5.71.